The molecular weight excluding hydrogens is 384 g/mol. The van der Waals surface area contributed by atoms with Crippen LogP contribution in [0.25, 0.3) is 0 Å². The molecule has 5 fully saturated rings. The molecule has 0 radical (unpaired) electrons. The maximum atomic E-state index is 6.14. The minimum absolute atomic E-state index is 0.226. The first-order chi connectivity index (χ1) is 13.8. The Labute approximate surface area is 171 Å². The highest BCUT2D eigenvalue weighted by Gasteiger charge is 2.57. The van der Waals surface area contributed by atoms with Crippen LogP contribution in [0.4, 0.5) is 0 Å². The number of rotatable bonds is 0. The number of fused-ring (bicyclic) bond motifs is 6. The number of hydrogen-bond donors (Lipinski definition) is 0. The molecule has 166 valence electrons. The van der Waals surface area contributed by atoms with Gasteiger partial charge >= 0.3 is 0 Å². The quantitative estimate of drug-likeness (QED) is 0.581. The van der Waals surface area contributed by atoms with Gasteiger partial charge in [0.15, 0.2) is 24.2 Å². The fourth-order valence-corrected chi connectivity index (χ4v) is 4.71. The molecule has 9 nitrogen and oxygen atoms in total. The van der Waals surface area contributed by atoms with E-state index in [1.165, 1.54) is 0 Å². The first-order valence-electron chi connectivity index (χ1n) is 10.6. The van der Waals surface area contributed by atoms with E-state index in [0.717, 1.165) is 12.8 Å². The second-order valence-corrected chi connectivity index (χ2v) is 9.20. The Bertz CT molecular complexity index is 547. The molecule has 0 aromatic carbocycles. The van der Waals surface area contributed by atoms with Crippen molar-refractivity contribution in [2.24, 2.45) is 0 Å². The lowest BCUT2D eigenvalue weighted by molar-refractivity contribution is -0.231. The van der Waals surface area contributed by atoms with Gasteiger partial charge in [-0.15, -0.1) is 0 Å². The molecule has 0 aliphatic carbocycles. The summed E-state index contributed by atoms with van der Waals surface area (Å²) in [4.78, 5) is 0. The average Bonchev–Trinajstić information content (AvgIpc) is 3.27. The first kappa shape index (κ1) is 20.5. The van der Waals surface area contributed by atoms with Crippen molar-refractivity contribution in [3.8, 4) is 0 Å². The minimum atomic E-state index is -0.671. The predicted molar refractivity (Wildman–Crippen MR) is 96.9 cm³/mol. The van der Waals surface area contributed by atoms with E-state index < -0.39 is 24.2 Å². The van der Waals surface area contributed by atoms with Crippen LogP contribution in [0, 0.1) is 0 Å². The molecule has 0 spiro atoms. The molecule has 5 aliphatic rings. The van der Waals surface area contributed by atoms with E-state index in [9.17, 15) is 0 Å². The van der Waals surface area contributed by atoms with Gasteiger partial charge in [0.2, 0.25) is 0 Å². The van der Waals surface area contributed by atoms with E-state index in [1.54, 1.807) is 0 Å². The maximum absolute atomic E-state index is 6.14. The Balaban J connectivity index is 1.24. The van der Waals surface area contributed by atoms with Gasteiger partial charge in [0.05, 0.1) is 13.2 Å². The Morgan fingerprint density at radius 1 is 0.586 bits per heavy atom. The summed E-state index contributed by atoms with van der Waals surface area (Å²) in [6, 6.07) is 0. The molecule has 5 rings (SSSR count). The van der Waals surface area contributed by atoms with E-state index in [0.29, 0.717) is 26.4 Å². The van der Waals surface area contributed by atoms with Crippen molar-refractivity contribution in [3.05, 3.63) is 0 Å². The average molecular weight is 416 g/mol. The maximum Gasteiger partial charge on any atom is 0.190 e. The third-order valence-corrected chi connectivity index (χ3v) is 5.90. The van der Waals surface area contributed by atoms with Crippen LogP contribution in [-0.4, -0.2) is 87.2 Å². The molecule has 0 N–H and O–H groups in total. The third-order valence-electron chi connectivity index (χ3n) is 5.90. The molecule has 8 atom stereocenters. The summed E-state index contributed by atoms with van der Waals surface area (Å²) in [5.74, 6) is -1.34. The second kappa shape index (κ2) is 7.65. The van der Waals surface area contributed by atoms with Gasteiger partial charge in [0.1, 0.15) is 36.6 Å². The van der Waals surface area contributed by atoms with Crippen LogP contribution < -0.4 is 0 Å². The molecule has 0 bridgehead atoms. The van der Waals surface area contributed by atoms with Crippen LogP contribution in [-0.2, 0) is 42.6 Å². The summed E-state index contributed by atoms with van der Waals surface area (Å²) in [5.41, 5.74) is 0. The van der Waals surface area contributed by atoms with Crippen molar-refractivity contribution >= 4 is 0 Å². The molecule has 0 aromatic heterocycles. The summed E-state index contributed by atoms with van der Waals surface area (Å²) >= 11 is 0. The molecular formula is C20H32O9. The van der Waals surface area contributed by atoms with E-state index in [-0.39, 0.29) is 36.6 Å². The molecule has 29 heavy (non-hydrogen) atoms. The smallest absolute Gasteiger partial charge is 0.190 e. The Kier molecular flexibility index (Phi) is 5.42. The fourth-order valence-electron chi connectivity index (χ4n) is 4.71. The summed E-state index contributed by atoms with van der Waals surface area (Å²) in [7, 11) is 0. The zero-order chi connectivity index (χ0) is 20.2. The summed E-state index contributed by atoms with van der Waals surface area (Å²) in [5, 5.41) is 0. The van der Waals surface area contributed by atoms with Crippen molar-refractivity contribution < 1.29 is 42.6 Å². The summed E-state index contributed by atoms with van der Waals surface area (Å²) in [6.07, 6.45) is -0.578. The van der Waals surface area contributed by atoms with Crippen molar-refractivity contribution in [1.82, 2.24) is 0 Å². The molecule has 9 heteroatoms. The van der Waals surface area contributed by atoms with Crippen LogP contribution in [0.2, 0.25) is 0 Å². The van der Waals surface area contributed by atoms with Crippen LogP contribution in [0.15, 0.2) is 0 Å². The summed E-state index contributed by atoms with van der Waals surface area (Å²) in [6.45, 7) is 9.47. The lowest BCUT2D eigenvalue weighted by Gasteiger charge is -2.27. The van der Waals surface area contributed by atoms with E-state index in [2.05, 4.69) is 0 Å². The lowest BCUT2D eigenvalue weighted by atomic mass is 10.1. The molecule has 0 aromatic rings. The van der Waals surface area contributed by atoms with E-state index in [4.69, 9.17) is 42.6 Å². The SMILES string of the molecule is CC1(C)O[C@H]2O[C@@H]3COC[C@H]4O[C@@H]5OC(C)(C)O[C@@H]5[C@H]4OCCCCO[C@@H]3[C@H]2O1. The third kappa shape index (κ3) is 4.09. The number of hydrogen-bond acceptors (Lipinski definition) is 9. The van der Waals surface area contributed by atoms with Gasteiger partial charge in [0.25, 0.3) is 0 Å². The highest BCUT2D eigenvalue weighted by molar-refractivity contribution is 4.96. The Hall–Kier alpha value is -0.360. The van der Waals surface area contributed by atoms with E-state index >= 15 is 0 Å². The van der Waals surface area contributed by atoms with Gasteiger partial charge in [-0.05, 0) is 40.5 Å². The van der Waals surface area contributed by atoms with Gasteiger partial charge in [-0.25, -0.2) is 0 Å². The molecule has 0 amide bonds. The molecule has 0 saturated carbocycles. The van der Waals surface area contributed by atoms with Gasteiger partial charge in [-0.1, -0.05) is 0 Å². The zero-order valence-electron chi connectivity index (χ0n) is 17.5. The van der Waals surface area contributed by atoms with Crippen LogP contribution in [0.5, 0.6) is 0 Å². The fraction of sp³-hybridized carbons (Fsp3) is 1.00. The van der Waals surface area contributed by atoms with Gasteiger partial charge < -0.3 is 42.6 Å². The van der Waals surface area contributed by atoms with Gasteiger partial charge in [-0.2, -0.15) is 0 Å². The van der Waals surface area contributed by atoms with Gasteiger partial charge in [0, 0.05) is 13.2 Å². The normalized spacial score (nSPS) is 49.2. The Morgan fingerprint density at radius 2 is 1.03 bits per heavy atom. The predicted octanol–water partition coefficient (Wildman–Crippen LogP) is 1.32. The minimum Gasteiger partial charge on any atom is -0.376 e. The second-order valence-electron chi connectivity index (χ2n) is 9.20. The van der Waals surface area contributed by atoms with Crippen LogP contribution in [0.1, 0.15) is 40.5 Å². The largest absolute Gasteiger partial charge is 0.376 e. The van der Waals surface area contributed by atoms with Crippen LogP contribution >= 0.6 is 0 Å². The lowest BCUT2D eigenvalue weighted by Crippen LogP contribution is -2.41. The van der Waals surface area contributed by atoms with Gasteiger partial charge in [-0.3, -0.25) is 0 Å². The molecule has 5 saturated heterocycles. The molecule has 5 heterocycles. The highest BCUT2D eigenvalue weighted by Crippen LogP contribution is 2.40. The van der Waals surface area contributed by atoms with Crippen LogP contribution in [0.3, 0.4) is 0 Å². The summed E-state index contributed by atoms with van der Waals surface area (Å²) < 4.78 is 54.1. The van der Waals surface area contributed by atoms with Crippen molar-refractivity contribution in [1.29, 1.82) is 0 Å². The van der Waals surface area contributed by atoms with E-state index in [1.807, 2.05) is 27.7 Å². The molecule has 5 aliphatic heterocycles. The Morgan fingerprint density at radius 3 is 1.48 bits per heavy atom. The monoisotopic (exact) mass is 416 g/mol. The van der Waals surface area contributed by atoms with Crippen molar-refractivity contribution in [2.75, 3.05) is 26.4 Å². The molecule has 0 unspecified atom stereocenters. The zero-order valence-corrected chi connectivity index (χ0v) is 17.5. The topological polar surface area (TPSA) is 83.1 Å². The van der Waals surface area contributed by atoms with Crippen molar-refractivity contribution in [2.45, 2.75) is 101 Å². The number of ether oxygens (including phenoxy) is 9. The highest BCUT2D eigenvalue weighted by atomic mass is 16.9. The first-order valence-corrected chi connectivity index (χ1v) is 10.6. The standard InChI is InChI=1S/C20H32O9/c1-19(2)26-15-13-11(24-17(15)28-19)9-21-10-12-14(23-8-6-5-7-22-13)16-18(25-12)29-20(3,4)27-16/h11-18H,5-10H2,1-4H3/t11-,12-,13+,14+,15-,16-,17-,18-/m1/s1. The van der Waals surface area contributed by atoms with Crippen molar-refractivity contribution in [3.63, 3.8) is 0 Å².